The Morgan fingerprint density at radius 3 is 2.69 bits per heavy atom. The standard InChI is InChI=1S/C22H25N5O5.2ClH.Zn/c1-11-16(25-8-6-12-5-3-4-7-24-12)19(29)15-13(10-32-21(23)30)22(31-2)20-14(26-20)9-27(22)17(15)18(11)28;;;/h3-5,7,13-14,20,25-26H,6,8-10H2,1-2H3,(H2,23,30);2*1H;/q;;;+2/t13-,14+,20+,22-;;;/m1.../s1. The van der Waals surface area contributed by atoms with Crippen LogP contribution in [0.4, 0.5) is 4.79 Å². The molecule has 1 aliphatic carbocycles. The summed E-state index contributed by atoms with van der Waals surface area (Å²) in [6.07, 6.45) is 1.37. The molecule has 2 fully saturated rings. The topological polar surface area (TPSA) is 146 Å². The zero-order valence-electron chi connectivity index (χ0n) is 19.4. The number of fused-ring (bicyclic) bond motifs is 4. The SMILES string of the molecule is CO[C@@]12[C@H](COC(N)=O)C3=C(C(=O)C(C)=C(NCCc4ccccn4)C3=O)N1C[C@@H]1N[C@@H]12.Cl.Cl.[Zn+2]. The molecule has 13 heteroatoms. The molecular weight excluding hydrogens is 551 g/mol. The van der Waals surface area contributed by atoms with Crippen molar-refractivity contribution in [1.82, 2.24) is 20.5 Å². The Labute approximate surface area is 228 Å². The normalized spacial score (nSPS) is 27.7. The van der Waals surface area contributed by atoms with E-state index in [1.54, 1.807) is 20.2 Å². The molecule has 0 unspecified atom stereocenters. The molecule has 0 bridgehead atoms. The first-order valence-corrected chi connectivity index (χ1v) is 10.6. The van der Waals surface area contributed by atoms with Gasteiger partial charge < -0.3 is 30.7 Å². The van der Waals surface area contributed by atoms with E-state index < -0.39 is 17.7 Å². The Morgan fingerprint density at radius 1 is 1.31 bits per heavy atom. The van der Waals surface area contributed by atoms with Crippen molar-refractivity contribution in [2.45, 2.75) is 31.2 Å². The van der Waals surface area contributed by atoms with E-state index in [1.807, 2.05) is 23.1 Å². The second-order valence-electron chi connectivity index (χ2n) is 8.42. The van der Waals surface area contributed by atoms with Gasteiger partial charge in [-0.05, 0) is 19.1 Å². The van der Waals surface area contributed by atoms with Crippen molar-refractivity contribution in [3.8, 4) is 0 Å². The van der Waals surface area contributed by atoms with E-state index in [0.717, 1.165) is 5.69 Å². The molecule has 4 aliphatic rings. The number of pyridine rings is 1. The molecule has 2 saturated heterocycles. The Balaban J connectivity index is 0.00000144. The molecule has 0 aromatic carbocycles. The number of halogens is 2. The number of carbonyl (C=O) groups excluding carboxylic acids is 3. The summed E-state index contributed by atoms with van der Waals surface area (Å²) < 4.78 is 11.1. The van der Waals surface area contributed by atoms with Gasteiger partial charge in [0.1, 0.15) is 6.61 Å². The van der Waals surface area contributed by atoms with Gasteiger partial charge in [0, 0.05) is 55.7 Å². The summed E-state index contributed by atoms with van der Waals surface area (Å²) in [4.78, 5) is 44.6. The van der Waals surface area contributed by atoms with Crippen LogP contribution in [-0.2, 0) is 45.0 Å². The maximum atomic E-state index is 13.6. The number of carbonyl (C=O) groups is 3. The van der Waals surface area contributed by atoms with Crippen molar-refractivity contribution in [1.29, 1.82) is 0 Å². The monoisotopic (exact) mass is 575 g/mol. The van der Waals surface area contributed by atoms with Gasteiger partial charge in [0.2, 0.25) is 11.6 Å². The largest absolute Gasteiger partial charge is 2.00 e. The van der Waals surface area contributed by atoms with E-state index >= 15 is 0 Å². The second kappa shape index (κ2) is 10.9. The van der Waals surface area contributed by atoms with E-state index in [1.165, 1.54) is 0 Å². The van der Waals surface area contributed by atoms with Crippen LogP contribution in [0.15, 0.2) is 46.9 Å². The number of primary amides is 1. The molecule has 4 heterocycles. The average Bonchev–Trinajstić information content (AvgIpc) is 3.40. The molecule has 1 amide bonds. The first kappa shape index (κ1) is 29.2. The van der Waals surface area contributed by atoms with Gasteiger partial charge in [-0.1, -0.05) is 6.07 Å². The maximum Gasteiger partial charge on any atom is 2.00 e. The minimum Gasteiger partial charge on any atom is -0.449 e. The first-order valence-electron chi connectivity index (χ1n) is 10.6. The molecule has 4 N–H and O–H groups in total. The zero-order valence-corrected chi connectivity index (χ0v) is 24.0. The summed E-state index contributed by atoms with van der Waals surface area (Å²) in [6, 6.07) is 5.73. The van der Waals surface area contributed by atoms with E-state index in [2.05, 4.69) is 15.6 Å². The number of piperazine rings is 1. The van der Waals surface area contributed by atoms with Crippen molar-refractivity contribution in [2.24, 2.45) is 11.7 Å². The molecule has 184 valence electrons. The van der Waals surface area contributed by atoms with Crippen molar-refractivity contribution in [3.05, 3.63) is 52.6 Å². The van der Waals surface area contributed by atoms with E-state index in [0.29, 0.717) is 36.4 Å². The number of ketones is 2. The number of aromatic nitrogens is 1. The predicted octanol–water partition coefficient (Wildman–Crippen LogP) is 0.458. The average molecular weight is 578 g/mol. The van der Waals surface area contributed by atoms with E-state index in [4.69, 9.17) is 15.2 Å². The Morgan fingerprint density at radius 2 is 2.06 bits per heavy atom. The third-order valence-corrected chi connectivity index (χ3v) is 6.84. The van der Waals surface area contributed by atoms with E-state index in [9.17, 15) is 14.4 Å². The maximum absolute atomic E-state index is 13.6. The molecule has 3 aliphatic heterocycles. The van der Waals surface area contributed by atoms with Gasteiger partial charge >= 0.3 is 25.6 Å². The first-order chi connectivity index (χ1) is 15.4. The summed E-state index contributed by atoms with van der Waals surface area (Å²) >= 11 is 0. The molecule has 5 rings (SSSR count). The van der Waals surface area contributed by atoms with Crippen LogP contribution < -0.4 is 16.4 Å². The Bertz CT molecular complexity index is 1090. The third kappa shape index (κ3) is 4.49. The van der Waals surface area contributed by atoms with Crippen LogP contribution in [0, 0.1) is 5.92 Å². The fraction of sp³-hybridized carbons (Fsp3) is 0.455. The number of rotatable bonds is 7. The van der Waals surface area contributed by atoms with Crippen molar-refractivity contribution < 1.29 is 43.3 Å². The van der Waals surface area contributed by atoms with Crippen LogP contribution in [0.5, 0.6) is 0 Å². The second-order valence-corrected chi connectivity index (χ2v) is 8.42. The van der Waals surface area contributed by atoms with Crippen LogP contribution in [-0.4, -0.2) is 72.2 Å². The van der Waals surface area contributed by atoms with Gasteiger partial charge in [0.05, 0.1) is 23.4 Å². The van der Waals surface area contributed by atoms with Gasteiger partial charge in [-0.3, -0.25) is 14.6 Å². The quantitative estimate of drug-likeness (QED) is 0.239. The van der Waals surface area contributed by atoms with Gasteiger partial charge in [-0.25, -0.2) is 4.79 Å². The molecule has 10 nitrogen and oxygen atoms in total. The molecule has 0 saturated carbocycles. The van der Waals surface area contributed by atoms with Gasteiger partial charge in [-0.15, -0.1) is 24.8 Å². The number of Topliss-reactive ketones (excluding diaryl/α,β-unsaturated/α-hetero) is 2. The van der Waals surface area contributed by atoms with Crippen LogP contribution in [0.3, 0.4) is 0 Å². The number of hydrogen-bond acceptors (Lipinski definition) is 9. The zero-order chi connectivity index (χ0) is 22.6. The fourth-order valence-electron chi connectivity index (χ4n) is 5.37. The predicted molar refractivity (Wildman–Crippen MR) is 126 cm³/mol. The summed E-state index contributed by atoms with van der Waals surface area (Å²) in [5, 5.41) is 6.48. The van der Waals surface area contributed by atoms with Crippen molar-refractivity contribution in [2.75, 3.05) is 26.8 Å². The molecule has 0 spiro atoms. The third-order valence-electron chi connectivity index (χ3n) is 6.84. The minimum atomic E-state index is -0.972. The molecule has 4 atom stereocenters. The molecular formula is C22H27Cl2N5O5Zn+2. The molecule has 1 aromatic heterocycles. The molecule has 1 aromatic rings. The summed E-state index contributed by atoms with van der Waals surface area (Å²) in [5.41, 5.74) is 6.41. The molecule has 0 radical (unpaired) electrons. The van der Waals surface area contributed by atoms with Gasteiger partial charge in [0.15, 0.2) is 5.72 Å². The number of nitrogens with one attached hydrogen (secondary N) is 2. The van der Waals surface area contributed by atoms with E-state index in [-0.39, 0.29) is 80.2 Å². The Kier molecular flexibility index (Phi) is 9.11. The number of ether oxygens (including phenoxy) is 2. The van der Waals surface area contributed by atoms with Crippen molar-refractivity contribution >= 4 is 42.5 Å². The smallest absolute Gasteiger partial charge is 0.449 e. The van der Waals surface area contributed by atoms with Crippen LogP contribution >= 0.6 is 24.8 Å². The number of nitrogens with zero attached hydrogens (tertiary/aromatic N) is 2. The minimum absolute atomic E-state index is 0. The van der Waals surface area contributed by atoms with Gasteiger partial charge in [0.25, 0.3) is 0 Å². The number of nitrogens with two attached hydrogens (primary N) is 1. The number of allylic oxidation sites excluding steroid dienone is 2. The van der Waals surface area contributed by atoms with Crippen LogP contribution in [0.25, 0.3) is 0 Å². The Hall–Kier alpha value is -2.04. The van der Waals surface area contributed by atoms with Crippen LogP contribution in [0.1, 0.15) is 12.6 Å². The number of amides is 1. The number of hydrogen-bond donors (Lipinski definition) is 3. The van der Waals surface area contributed by atoms with Crippen molar-refractivity contribution in [3.63, 3.8) is 0 Å². The van der Waals surface area contributed by atoms with Crippen LogP contribution in [0.2, 0.25) is 0 Å². The summed E-state index contributed by atoms with van der Waals surface area (Å²) in [6.45, 7) is 2.49. The number of methoxy groups -OCH3 is 1. The summed E-state index contributed by atoms with van der Waals surface area (Å²) in [5.74, 6) is -1.14. The summed E-state index contributed by atoms with van der Waals surface area (Å²) in [7, 11) is 1.55. The van der Waals surface area contributed by atoms with Gasteiger partial charge in [-0.2, -0.15) is 0 Å². The fourth-order valence-corrected chi connectivity index (χ4v) is 5.37. The molecule has 35 heavy (non-hydrogen) atoms.